The van der Waals surface area contributed by atoms with E-state index >= 15 is 0 Å². The third kappa shape index (κ3) is 4.60. The number of halogens is 1. The number of benzene rings is 2. The fourth-order valence-corrected chi connectivity index (χ4v) is 2.20. The molecule has 110 valence electrons. The Bertz CT molecular complexity index is 613. The lowest BCUT2D eigenvalue weighted by Crippen LogP contribution is -2.12. The summed E-state index contributed by atoms with van der Waals surface area (Å²) in [6.45, 7) is 2.79. The second-order valence-corrected chi connectivity index (χ2v) is 5.52. The van der Waals surface area contributed by atoms with Crippen molar-refractivity contribution in [1.29, 1.82) is 0 Å². The normalized spacial score (nSPS) is 10.2. The van der Waals surface area contributed by atoms with Crippen LogP contribution in [0.5, 0.6) is 5.75 Å². The number of unbranched alkanes of at least 4 members (excludes halogenated alkanes) is 1. The van der Waals surface area contributed by atoms with Crippen molar-refractivity contribution in [2.75, 3.05) is 11.9 Å². The molecule has 0 saturated heterocycles. The molecule has 0 bridgehead atoms. The summed E-state index contributed by atoms with van der Waals surface area (Å²) in [6.07, 6.45) is 2.09. The number of rotatable bonds is 6. The Hall–Kier alpha value is -1.81. The Morgan fingerprint density at radius 2 is 2.00 bits per heavy atom. The van der Waals surface area contributed by atoms with E-state index in [-0.39, 0.29) is 5.91 Å². The molecule has 0 heterocycles. The number of carbonyl (C=O) groups excluding carboxylic acids is 1. The number of nitrogens with one attached hydrogen (secondary N) is 1. The van der Waals surface area contributed by atoms with Crippen LogP contribution in [0.3, 0.4) is 0 Å². The zero-order valence-corrected chi connectivity index (χ0v) is 13.5. The molecule has 1 amide bonds. The lowest BCUT2D eigenvalue weighted by atomic mass is 10.2. The van der Waals surface area contributed by atoms with E-state index in [9.17, 15) is 4.79 Å². The van der Waals surface area contributed by atoms with E-state index in [0.717, 1.165) is 28.8 Å². The second kappa shape index (κ2) is 7.84. The van der Waals surface area contributed by atoms with Crippen LogP contribution in [0.1, 0.15) is 30.1 Å². The Labute approximate surface area is 133 Å². The minimum atomic E-state index is -0.150. The zero-order valence-electron chi connectivity index (χ0n) is 11.9. The number of hydrogen-bond donors (Lipinski definition) is 1. The highest BCUT2D eigenvalue weighted by atomic mass is 79.9. The fraction of sp³-hybridized carbons (Fsp3) is 0.235. The van der Waals surface area contributed by atoms with Gasteiger partial charge in [0.05, 0.1) is 12.3 Å². The first-order chi connectivity index (χ1) is 10.2. The molecule has 0 aliphatic heterocycles. The SMILES string of the molecule is CCCCOc1cccc(C(=O)Nc2ccccc2Br)c1. The molecule has 3 nitrogen and oxygen atoms in total. The van der Waals surface area contributed by atoms with E-state index < -0.39 is 0 Å². The van der Waals surface area contributed by atoms with Gasteiger partial charge in [-0.3, -0.25) is 4.79 Å². The van der Waals surface area contributed by atoms with Crippen LogP contribution in [-0.2, 0) is 0 Å². The van der Waals surface area contributed by atoms with Gasteiger partial charge in [0.1, 0.15) is 5.75 Å². The first kappa shape index (κ1) is 15.6. The van der Waals surface area contributed by atoms with Crippen molar-refractivity contribution in [3.05, 3.63) is 58.6 Å². The van der Waals surface area contributed by atoms with Crippen molar-refractivity contribution < 1.29 is 9.53 Å². The second-order valence-electron chi connectivity index (χ2n) is 4.66. The minimum absolute atomic E-state index is 0.150. The van der Waals surface area contributed by atoms with Crippen molar-refractivity contribution in [2.45, 2.75) is 19.8 Å². The third-order valence-electron chi connectivity index (χ3n) is 2.98. The van der Waals surface area contributed by atoms with Crippen LogP contribution in [0.25, 0.3) is 0 Å². The van der Waals surface area contributed by atoms with Crippen molar-refractivity contribution in [1.82, 2.24) is 0 Å². The average molecular weight is 348 g/mol. The van der Waals surface area contributed by atoms with Crippen molar-refractivity contribution >= 4 is 27.5 Å². The topological polar surface area (TPSA) is 38.3 Å². The first-order valence-electron chi connectivity index (χ1n) is 6.99. The molecule has 0 saturated carbocycles. The summed E-state index contributed by atoms with van der Waals surface area (Å²) in [7, 11) is 0. The molecular formula is C17H18BrNO2. The van der Waals surface area contributed by atoms with E-state index in [4.69, 9.17) is 4.74 Å². The number of para-hydroxylation sites is 1. The smallest absolute Gasteiger partial charge is 0.255 e. The molecular weight excluding hydrogens is 330 g/mol. The van der Waals surface area contributed by atoms with E-state index in [2.05, 4.69) is 28.2 Å². The van der Waals surface area contributed by atoms with Gasteiger partial charge in [0.2, 0.25) is 0 Å². The van der Waals surface area contributed by atoms with Crippen molar-refractivity contribution in [3.63, 3.8) is 0 Å². The molecule has 0 aromatic heterocycles. The Morgan fingerprint density at radius 1 is 1.19 bits per heavy atom. The molecule has 2 rings (SSSR count). The van der Waals surface area contributed by atoms with Gasteiger partial charge in [-0.05, 0) is 52.7 Å². The molecule has 0 atom stereocenters. The highest BCUT2D eigenvalue weighted by molar-refractivity contribution is 9.10. The number of ether oxygens (including phenoxy) is 1. The summed E-state index contributed by atoms with van der Waals surface area (Å²) in [4.78, 5) is 12.3. The summed E-state index contributed by atoms with van der Waals surface area (Å²) in [5, 5.41) is 2.88. The minimum Gasteiger partial charge on any atom is -0.494 e. The largest absolute Gasteiger partial charge is 0.494 e. The number of anilines is 1. The molecule has 0 aliphatic carbocycles. The van der Waals surface area contributed by atoms with E-state index in [1.165, 1.54) is 0 Å². The molecule has 1 N–H and O–H groups in total. The highest BCUT2D eigenvalue weighted by Gasteiger charge is 2.08. The molecule has 0 radical (unpaired) electrons. The van der Waals surface area contributed by atoms with Crippen LogP contribution < -0.4 is 10.1 Å². The maximum atomic E-state index is 12.3. The van der Waals surface area contributed by atoms with Gasteiger partial charge in [0.25, 0.3) is 5.91 Å². The summed E-state index contributed by atoms with van der Waals surface area (Å²) in [6, 6.07) is 14.8. The van der Waals surface area contributed by atoms with Crippen molar-refractivity contribution in [3.8, 4) is 5.75 Å². The monoisotopic (exact) mass is 347 g/mol. The maximum Gasteiger partial charge on any atom is 0.255 e. The molecule has 2 aromatic rings. The lowest BCUT2D eigenvalue weighted by molar-refractivity contribution is 0.102. The summed E-state index contributed by atoms with van der Waals surface area (Å²) in [5.74, 6) is 0.575. The number of amides is 1. The van der Waals surface area contributed by atoms with E-state index in [1.54, 1.807) is 12.1 Å². The molecule has 0 aliphatic rings. The quantitative estimate of drug-likeness (QED) is 0.756. The lowest BCUT2D eigenvalue weighted by Gasteiger charge is -2.09. The van der Waals surface area contributed by atoms with Crippen LogP contribution in [0.2, 0.25) is 0 Å². The first-order valence-corrected chi connectivity index (χ1v) is 7.78. The van der Waals surface area contributed by atoms with Gasteiger partial charge in [-0.1, -0.05) is 31.5 Å². The predicted molar refractivity (Wildman–Crippen MR) is 88.9 cm³/mol. The van der Waals surface area contributed by atoms with Crippen molar-refractivity contribution in [2.24, 2.45) is 0 Å². The summed E-state index contributed by atoms with van der Waals surface area (Å²) in [5.41, 5.74) is 1.33. The molecule has 2 aromatic carbocycles. The van der Waals surface area contributed by atoms with Crippen LogP contribution in [-0.4, -0.2) is 12.5 Å². The highest BCUT2D eigenvalue weighted by Crippen LogP contribution is 2.22. The molecule has 0 fully saturated rings. The van der Waals surface area contributed by atoms with Gasteiger partial charge >= 0.3 is 0 Å². The Kier molecular flexibility index (Phi) is 5.81. The average Bonchev–Trinajstić information content (AvgIpc) is 2.50. The van der Waals surface area contributed by atoms with Gasteiger partial charge in [0.15, 0.2) is 0 Å². The summed E-state index contributed by atoms with van der Waals surface area (Å²) < 4.78 is 6.48. The van der Waals surface area contributed by atoms with E-state index in [0.29, 0.717) is 12.2 Å². The van der Waals surface area contributed by atoms with Gasteiger partial charge in [-0.2, -0.15) is 0 Å². The van der Waals surface area contributed by atoms with Gasteiger partial charge in [0, 0.05) is 10.0 Å². The van der Waals surface area contributed by atoms with Crippen LogP contribution in [0, 0.1) is 0 Å². The predicted octanol–water partition coefficient (Wildman–Crippen LogP) is 4.88. The van der Waals surface area contributed by atoms with Crippen LogP contribution in [0.15, 0.2) is 53.0 Å². The van der Waals surface area contributed by atoms with Crippen LogP contribution >= 0.6 is 15.9 Å². The molecule has 21 heavy (non-hydrogen) atoms. The van der Waals surface area contributed by atoms with E-state index in [1.807, 2.05) is 36.4 Å². The maximum absolute atomic E-state index is 12.3. The zero-order chi connectivity index (χ0) is 15.1. The number of hydrogen-bond acceptors (Lipinski definition) is 2. The number of carbonyl (C=O) groups is 1. The Balaban J connectivity index is 2.05. The van der Waals surface area contributed by atoms with Gasteiger partial charge < -0.3 is 10.1 Å². The fourth-order valence-electron chi connectivity index (χ4n) is 1.82. The molecule has 0 spiro atoms. The third-order valence-corrected chi connectivity index (χ3v) is 3.68. The summed E-state index contributed by atoms with van der Waals surface area (Å²) >= 11 is 3.41. The van der Waals surface area contributed by atoms with Crippen LogP contribution in [0.4, 0.5) is 5.69 Å². The van der Waals surface area contributed by atoms with Gasteiger partial charge in [-0.25, -0.2) is 0 Å². The Morgan fingerprint density at radius 3 is 2.76 bits per heavy atom. The molecule has 0 unspecified atom stereocenters. The molecule has 4 heteroatoms. The standard InChI is InChI=1S/C17H18BrNO2/c1-2-3-11-21-14-8-6-7-13(12-14)17(20)19-16-10-5-4-9-15(16)18/h4-10,12H,2-3,11H2,1H3,(H,19,20). The van der Waals surface area contributed by atoms with Gasteiger partial charge in [-0.15, -0.1) is 0 Å².